The number of aromatic nitrogens is 5. The second kappa shape index (κ2) is 4.66. The molecule has 0 bridgehead atoms. The highest BCUT2D eigenvalue weighted by molar-refractivity contribution is 5.97. The third-order valence-corrected chi connectivity index (χ3v) is 3.90. The molecule has 4 rings (SSSR count). The van der Waals surface area contributed by atoms with Crippen LogP contribution in [0.3, 0.4) is 0 Å². The molecule has 0 fully saturated rings. The standard InChI is InChI=1S/C15H16N6O/c1-9-16-12-4-3-11(7-13(12)17-9)15(22)20-5-6-21-14(8-20)18-10(2)19-21/h3-4,7H,5-6,8H2,1-2H3,(H,16,17). The van der Waals surface area contributed by atoms with Gasteiger partial charge in [-0.2, -0.15) is 5.10 Å². The molecular formula is C15H16N6O. The summed E-state index contributed by atoms with van der Waals surface area (Å²) in [6, 6.07) is 5.57. The first-order valence-electron chi connectivity index (χ1n) is 7.26. The average Bonchev–Trinajstić information content (AvgIpc) is 3.04. The number of aromatic amines is 1. The number of fused-ring (bicyclic) bond motifs is 2. The lowest BCUT2D eigenvalue weighted by Crippen LogP contribution is -2.38. The molecule has 1 amide bonds. The number of rotatable bonds is 1. The summed E-state index contributed by atoms with van der Waals surface area (Å²) in [4.78, 5) is 26.4. The van der Waals surface area contributed by atoms with Crippen molar-refractivity contribution in [1.29, 1.82) is 0 Å². The van der Waals surface area contributed by atoms with E-state index in [0.717, 1.165) is 28.5 Å². The second-order valence-corrected chi connectivity index (χ2v) is 5.58. The molecule has 3 heterocycles. The molecule has 2 aromatic heterocycles. The largest absolute Gasteiger partial charge is 0.342 e. The van der Waals surface area contributed by atoms with Gasteiger partial charge < -0.3 is 9.88 Å². The normalized spacial score (nSPS) is 14.4. The molecule has 0 atom stereocenters. The van der Waals surface area contributed by atoms with Crippen molar-refractivity contribution in [2.75, 3.05) is 6.54 Å². The lowest BCUT2D eigenvalue weighted by molar-refractivity contribution is 0.0702. The van der Waals surface area contributed by atoms with Crippen LogP contribution in [0.2, 0.25) is 0 Å². The van der Waals surface area contributed by atoms with Crippen LogP contribution in [-0.2, 0) is 13.1 Å². The molecule has 0 aliphatic carbocycles. The zero-order valence-corrected chi connectivity index (χ0v) is 12.5. The number of carbonyl (C=O) groups excluding carboxylic acids is 1. The highest BCUT2D eigenvalue weighted by Crippen LogP contribution is 2.18. The fourth-order valence-corrected chi connectivity index (χ4v) is 2.89. The van der Waals surface area contributed by atoms with E-state index in [0.29, 0.717) is 25.2 Å². The van der Waals surface area contributed by atoms with E-state index in [2.05, 4.69) is 20.1 Å². The Hall–Kier alpha value is -2.70. The number of imidazole rings is 1. The van der Waals surface area contributed by atoms with Crippen LogP contribution in [-0.4, -0.2) is 42.1 Å². The second-order valence-electron chi connectivity index (χ2n) is 5.58. The Morgan fingerprint density at radius 1 is 1.23 bits per heavy atom. The minimum atomic E-state index is 0.0149. The van der Waals surface area contributed by atoms with Crippen LogP contribution < -0.4 is 0 Å². The Morgan fingerprint density at radius 2 is 2.09 bits per heavy atom. The number of hydrogen-bond acceptors (Lipinski definition) is 4. The van der Waals surface area contributed by atoms with Gasteiger partial charge in [-0.3, -0.25) is 4.79 Å². The average molecular weight is 296 g/mol. The summed E-state index contributed by atoms with van der Waals surface area (Å²) in [6.07, 6.45) is 0. The van der Waals surface area contributed by atoms with E-state index in [1.807, 2.05) is 41.6 Å². The maximum atomic E-state index is 12.7. The van der Waals surface area contributed by atoms with Gasteiger partial charge in [-0.1, -0.05) is 0 Å². The molecule has 1 aromatic carbocycles. The number of benzene rings is 1. The first-order valence-corrected chi connectivity index (χ1v) is 7.26. The summed E-state index contributed by atoms with van der Waals surface area (Å²) >= 11 is 0. The smallest absolute Gasteiger partial charge is 0.254 e. The molecule has 0 spiro atoms. The number of hydrogen-bond donors (Lipinski definition) is 1. The van der Waals surface area contributed by atoms with Crippen LogP contribution in [0.4, 0.5) is 0 Å². The van der Waals surface area contributed by atoms with Gasteiger partial charge in [0.05, 0.1) is 24.1 Å². The van der Waals surface area contributed by atoms with Gasteiger partial charge in [0.25, 0.3) is 5.91 Å². The van der Waals surface area contributed by atoms with Gasteiger partial charge >= 0.3 is 0 Å². The van der Waals surface area contributed by atoms with Crippen LogP contribution in [0.25, 0.3) is 11.0 Å². The number of amides is 1. The Bertz CT molecular complexity index is 877. The summed E-state index contributed by atoms with van der Waals surface area (Å²) in [5.41, 5.74) is 2.43. The maximum absolute atomic E-state index is 12.7. The molecule has 1 aliphatic heterocycles. The zero-order chi connectivity index (χ0) is 15.3. The van der Waals surface area contributed by atoms with E-state index in [1.54, 1.807) is 0 Å². The van der Waals surface area contributed by atoms with Gasteiger partial charge in [0, 0.05) is 12.1 Å². The molecule has 7 nitrogen and oxygen atoms in total. The van der Waals surface area contributed by atoms with Crippen LogP contribution >= 0.6 is 0 Å². The van der Waals surface area contributed by atoms with Gasteiger partial charge in [0.15, 0.2) is 0 Å². The van der Waals surface area contributed by atoms with Gasteiger partial charge in [0.1, 0.15) is 17.5 Å². The summed E-state index contributed by atoms with van der Waals surface area (Å²) in [5.74, 6) is 2.46. The number of nitrogens with zero attached hydrogens (tertiary/aromatic N) is 5. The van der Waals surface area contributed by atoms with Gasteiger partial charge in [0.2, 0.25) is 0 Å². The molecular weight excluding hydrogens is 280 g/mol. The van der Waals surface area contributed by atoms with Crippen molar-refractivity contribution in [3.05, 3.63) is 41.2 Å². The minimum absolute atomic E-state index is 0.0149. The third-order valence-electron chi connectivity index (χ3n) is 3.90. The summed E-state index contributed by atoms with van der Waals surface area (Å²) < 4.78 is 1.88. The number of H-pyrrole nitrogens is 1. The first-order chi connectivity index (χ1) is 10.6. The molecule has 22 heavy (non-hydrogen) atoms. The van der Waals surface area contributed by atoms with Crippen LogP contribution in [0.1, 0.15) is 27.8 Å². The van der Waals surface area contributed by atoms with E-state index in [4.69, 9.17) is 0 Å². The van der Waals surface area contributed by atoms with E-state index < -0.39 is 0 Å². The molecule has 0 saturated heterocycles. The Kier molecular flexibility index (Phi) is 2.75. The van der Waals surface area contributed by atoms with E-state index in [-0.39, 0.29) is 5.91 Å². The molecule has 1 aliphatic rings. The molecule has 7 heteroatoms. The van der Waals surface area contributed by atoms with Crippen LogP contribution in [0.5, 0.6) is 0 Å². The van der Waals surface area contributed by atoms with E-state index in [9.17, 15) is 4.79 Å². The topological polar surface area (TPSA) is 79.7 Å². The highest BCUT2D eigenvalue weighted by atomic mass is 16.2. The summed E-state index contributed by atoms with van der Waals surface area (Å²) in [7, 11) is 0. The van der Waals surface area contributed by atoms with Crippen molar-refractivity contribution in [1.82, 2.24) is 29.6 Å². The lowest BCUT2D eigenvalue weighted by atomic mass is 10.1. The fourth-order valence-electron chi connectivity index (χ4n) is 2.89. The van der Waals surface area contributed by atoms with Crippen molar-refractivity contribution >= 4 is 16.9 Å². The van der Waals surface area contributed by atoms with Crippen molar-refractivity contribution in [3.63, 3.8) is 0 Å². The minimum Gasteiger partial charge on any atom is -0.342 e. The van der Waals surface area contributed by atoms with Crippen LogP contribution in [0.15, 0.2) is 18.2 Å². The number of nitrogens with one attached hydrogen (secondary N) is 1. The fraction of sp³-hybridized carbons (Fsp3) is 0.333. The molecule has 0 saturated carbocycles. The summed E-state index contributed by atoms with van der Waals surface area (Å²) in [5, 5.41) is 4.32. The molecule has 3 aromatic rings. The molecule has 0 unspecified atom stereocenters. The van der Waals surface area contributed by atoms with Crippen molar-refractivity contribution in [2.45, 2.75) is 26.9 Å². The Labute approximate surface area is 127 Å². The van der Waals surface area contributed by atoms with Crippen molar-refractivity contribution in [3.8, 4) is 0 Å². The Balaban J connectivity index is 1.63. The van der Waals surface area contributed by atoms with Gasteiger partial charge in [-0.15, -0.1) is 0 Å². The predicted molar refractivity (Wildman–Crippen MR) is 80.3 cm³/mol. The highest BCUT2D eigenvalue weighted by Gasteiger charge is 2.24. The Morgan fingerprint density at radius 3 is 2.95 bits per heavy atom. The first kappa shape index (κ1) is 13.0. The van der Waals surface area contributed by atoms with E-state index >= 15 is 0 Å². The lowest BCUT2D eigenvalue weighted by Gasteiger charge is -2.26. The number of aryl methyl sites for hydroxylation is 2. The monoisotopic (exact) mass is 296 g/mol. The van der Waals surface area contributed by atoms with Crippen molar-refractivity contribution < 1.29 is 4.79 Å². The maximum Gasteiger partial charge on any atom is 0.254 e. The van der Waals surface area contributed by atoms with Crippen molar-refractivity contribution in [2.24, 2.45) is 0 Å². The quantitative estimate of drug-likeness (QED) is 0.736. The predicted octanol–water partition coefficient (Wildman–Crippen LogP) is 1.43. The zero-order valence-electron chi connectivity index (χ0n) is 12.5. The summed E-state index contributed by atoms with van der Waals surface area (Å²) in [6.45, 7) is 5.61. The SMILES string of the molecule is Cc1nc2n(n1)CCN(C(=O)c1ccc3nc(C)[nH]c3c1)C2. The van der Waals surface area contributed by atoms with Gasteiger partial charge in [-0.25, -0.2) is 14.6 Å². The number of carbonyl (C=O) groups is 1. The van der Waals surface area contributed by atoms with E-state index in [1.165, 1.54) is 0 Å². The molecule has 1 N–H and O–H groups in total. The van der Waals surface area contributed by atoms with Gasteiger partial charge in [-0.05, 0) is 32.0 Å². The van der Waals surface area contributed by atoms with Crippen LogP contribution in [0, 0.1) is 13.8 Å². The molecule has 0 radical (unpaired) electrons. The molecule has 112 valence electrons. The third kappa shape index (κ3) is 2.05.